The zero-order valence-electron chi connectivity index (χ0n) is 9.90. The standard InChI is InChI=1S/C12H19NO3/c1-3-4-9(2)12(16)13-6-5-10(8-13)7-11(14)15/h4,10H,3,5-8H2,1-2H3,(H,14,15). The van der Waals surface area contributed by atoms with Crippen LogP contribution in [0.3, 0.4) is 0 Å². The molecule has 0 aromatic carbocycles. The number of carbonyl (C=O) groups is 2. The van der Waals surface area contributed by atoms with E-state index in [2.05, 4.69) is 0 Å². The summed E-state index contributed by atoms with van der Waals surface area (Å²) in [6, 6.07) is 0. The van der Waals surface area contributed by atoms with E-state index in [0.29, 0.717) is 13.1 Å². The van der Waals surface area contributed by atoms with Gasteiger partial charge in [-0.3, -0.25) is 9.59 Å². The van der Waals surface area contributed by atoms with Gasteiger partial charge in [-0.2, -0.15) is 0 Å². The Kier molecular flexibility index (Phi) is 4.52. The fourth-order valence-corrected chi connectivity index (χ4v) is 2.07. The van der Waals surface area contributed by atoms with Crippen LogP contribution in [-0.4, -0.2) is 35.0 Å². The van der Waals surface area contributed by atoms with Gasteiger partial charge in [-0.25, -0.2) is 0 Å². The van der Waals surface area contributed by atoms with Crippen molar-refractivity contribution in [1.29, 1.82) is 0 Å². The molecule has 90 valence electrons. The molecule has 1 rings (SSSR count). The first-order valence-electron chi connectivity index (χ1n) is 5.72. The molecule has 0 bridgehead atoms. The molecular weight excluding hydrogens is 206 g/mol. The van der Waals surface area contributed by atoms with Gasteiger partial charge in [0.1, 0.15) is 0 Å². The minimum absolute atomic E-state index is 0.0507. The van der Waals surface area contributed by atoms with Crippen molar-refractivity contribution in [2.75, 3.05) is 13.1 Å². The highest BCUT2D eigenvalue weighted by atomic mass is 16.4. The highest BCUT2D eigenvalue weighted by molar-refractivity contribution is 5.93. The number of hydrogen-bond acceptors (Lipinski definition) is 2. The van der Waals surface area contributed by atoms with E-state index >= 15 is 0 Å². The van der Waals surface area contributed by atoms with Crippen molar-refractivity contribution >= 4 is 11.9 Å². The van der Waals surface area contributed by atoms with Crippen molar-refractivity contribution in [3.8, 4) is 0 Å². The average Bonchev–Trinajstić information content (AvgIpc) is 2.64. The summed E-state index contributed by atoms with van der Waals surface area (Å²) in [5, 5.41) is 8.68. The fourth-order valence-electron chi connectivity index (χ4n) is 2.07. The van der Waals surface area contributed by atoms with Gasteiger partial charge in [-0.05, 0) is 25.7 Å². The monoisotopic (exact) mass is 225 g/mol. The van der Waals surface area contributed by atoms with Crippen molar-refractivity contribution in [3.63, 3.8) is 0 Å². The second-order valence-corrected chi connectivity index (χ2v) is 4.30. The third-order valence-electron chi connectivity index (χ3n) is 2.88. The van der Waals surface area contributed by atoms with Crippen molar-refractivity contribution in [1.82, 2.24) is 4.90 Å². The number of amides is 1. The zero-order valence-corrected chi connectivity index (χ0v) is 9.90. The predicted molar refractivity (Wildman–Crippen MR) is 61.0 cm³/mol. The van der Waals surface area contributed by atoms with Gasteiger partial charge in [0.25, 0.3) is 0 Å². The summed E-state index contributed by atoms with van der Waals surface area (Å²) in [6.45, 7) is 5.08. The smallest absolute Gasteiger partial charge is 0.303 e. The molecule has 1 amide bonds. The van der Waals surface area contributed by atoms with E-state index in [9.17, 15) is 9.59 Å². The number of likely N-dealkylation sites (tertiary alicyclic amines) is 1. The van der Waals surface area contributed by atoms with E-state index in [-0.39, 0.29) is 18.2 Å². The highest BCUT2D eigenvalue weighted by Gasteiger charge is 2.27. The number of carboxylic acids is 1. The maximum atomic E-state index is 11.9. The minimum Gasteiger partial charge on any atom is -0.481 e. The van der Waals surface area contributed by atoms with Gasteiger partial charge in [-0.15, -0.1) is 0 Å². The first-order chi connectivity index (χ1) is 7.54. The molecule has 4 nitrogen and oxygen atoms in total. The third kappa shape index (κ3) is 3.36. The first kappa shape index (κ1) is 12.7. The molecule has 0 spiro atoms. The van der Waals surface area contributed by atoms with E-state index in [4.69, 9.17) is 5.11 Å². The minimum atomic E-state index is -0.778. The van der Waals surface area contributed by atoms with Gasteiger partial charge >= 0.3 is 5.97 Å². The van der Waals surface area contributed by atoms with Crippen LogP contribution in [0.15, 0.2) is 11.6 Å². The maximum absolute atomic E-state index is 11.9. The number of rotatable bonds is 4. The largest absolute Gasteiger partial charge is 0.481 e. The molecule has 1 atom stereocenters. The van der Waals surface area contributed by atoms with Gasteiger partial charge in [0.05, 0.1) is 0 Å². The molecule has 0 aromatic rings. The van der Waals surface area contributed by atoms with Crippen molar-refractivity contribution < 1.29 is 14.7 Å². The highest BCUT2D eigenvalue weighted by Crippen LogP contribution is 2.21. The lowest BCUT2D eigenvalue weighted by atomic mass is 10.1. The number of allylic oxidation sites excluding steroid dienone is 1. The Morgan fingerprint density at radius 2 is 2.19 bits per heavy atom. The second kappa shape index (κ2) is 5.68. The van der Waals surface area contributed by atoms with Gasteiger partial charge in [-0.1, -0.05) is 13.0 Å². The van der Waals surface area contributed by atoms with Gasteiger partial charge in [0, 0.05) is 25.1 Å². The van der Waals surface area contributed by atoms with Crippen LogP contribution in [0.4, 0.5) is 0 Å². The first-order valence-corrected chi connectivity index (χ1v) is 5.72. The summed E-state index contributed by atoms with van der Waals surface area (Å²) in [7, 11) is 0. The van der Waals surface area contributed by atoms with Gasteiger partial charge in [0.15, 0.2) is 0 Å². The van der Waals surface area contributed by atoms with E-state index in [1.165, 1.54) is 0 Å². The summed E-state index contributed by atoms with van der Waals surface area (Å²) >= 11 is 0. The molecule has 0 saturated carbocycles. The Balaban J connectivity index is 2.50. The summed E-state index contributed by atoms with van der Waals surface area (Å²) in [5.74, 6) is -0.606. The van der Waals surface area contributed by atoms with Crippen LogP contribution in [0.2, 0.25) is 0 Å². The molecule has 4 heteroatoms. The Morgan fingerprint density at radius 3 is 2.75 bits per heavy atom. The van der Waals surface area contributed by atoms with Gasteiger partial charge < -0.3 is 10.0 Å². The maximum Gasteiger partial charge on any atom is 0.303 e. The normalized spacial score (nSPS) is 21.2. The van der Waals surface area contributed by atoms with Crippen LogP contribution in [0.1, 0.15) is 33.1 Å². The van der Waals surface area contributed by atoms with Crippen LogP contribution in [0.25, 0.3) is 0 Å². The molecule has 16 heavy (non-hydrogen) atoms. The van der Waals surface area contributed by atoms with Crippen molar-refractivity contribution in [3.05, 3.63) is 11.6 Å². The SMILES string of the molecule is CCC=C(C)C(=O)N1CCC(CC(=O)O)C1. The molecule has 1 saturated heterocycles. The third-order valence-corrected chi connectivity index (χ3v) is 2.88. The Bertz CT molecular complexity index is 309. The topological polar surface area (TPSA) is 57.6 Å². The number of nitrogens with zero attached hydrogens (tertiary/aromatic N) is 1. The van der Waals surface area contributed by atoms with Crippen LogP contribution in [-0.2, 0) is 9.59 Å². The van der Waals surface area contributed by atoms with Crippen LogP contribution in [0.5, 0.6) is 0 Å². The second-order valence-electron chi connectivity index (χ2n) is 4.30. The summed E-state index contributed by atoms with van der Waals surface area (Å²) in [4.78, 5) is 24.2. The number of aliphatic carboxylic acids is 1. The zero-order chi connectivity index (χ0) is 12.1. The molecule has 0 radical (unpaired) electrons. The Labute approximate surface area is 95.9 Å². The van der Waals surface area contributed by atoms with Crippen molar-refractivity contribution in [2.45, 2.75) is 33.1 Å². The molecule has 1 fully saturated rings. The predicted octanol–water partition coefficient (Wildman–Crippen LogP) is 1.67. The molecule has 1 heterocycles. The molecule has 0 aromatic heterocycles. The Morgan fingerprint density at radius 1 is 1.50 bits per heavy atom. The Hall–Kier alpha value is -1.32. The van der Waals surface area contributed by atoms with E-state index in [1.807, 2.05) is 19.9 Å². The molecule has 1 unspecified atom stereocenters. The fraction of sp³-hybridized carbons (Fsp3) is 0.667. The molecule has 1 aliphatic heterocycles. The van der Waals surface area contributed by atoms with Crippen LogP contribution < -0.4 is 0 Å². The van der Waals surface area contributed by atoms with E-state index in [0.717, 1.165) is 18.4 Å². The molecule has 1 aliphatic rings. The van der Waals surface area contributed by atoms with Crippen molar-refractivity contribution in [2.24, 2.45) is 5.92 Å². The molecule has 1 N–H and O–H groups in total. The molecule has 0 aliphatic carbocycles. The quantitative estimate of drug-likeness (QED) is 0.740. The summed E-state index contributed by atoms with van der Waals surface area (Å²) in [5.41, 5.74) is 0.762. The lowest BCUT2D eigenvalue weighted by Gasteiger charge is -2.16. The van der Waals surface area contributed by atoms with Gasteiger partial charge in [0.2, 0.25) is 5.91 Å². The molecular formula is C12H19NO3. The van der Waals surface area contributed by atoms with E-state index < -0.39 is 5.97 Å². The van der Waals surface area contributed by atoms with E-state index in [1.54, 1.807) is 4.90 Å². The van der Waals surface area contributed by atoms with Crippen LogP contribution in [0, 0.1) is 5.92 Å². The summed E-state index contributed by atoms with van der Waals surface area (Å²) < 4.78 is 0. The average molecular weight is 225 g/mol. The number of carbonyl (C=O) groups excluding carboxylic acids is 1. The number of hydrogen-bond donors (Lipinski definition) is 1. The number of carboxylic acid groups (broad SMARTS) is 1. The summed E-state index contributed by atoms with van der Waals surface area (Å²) in [6.07, 6.45) is 3.73. The lowest BCUT2D eigenvalue weighted by molar-refractivity contribution is -0.138. The lowest BCUT2D eigenvalue weighted by Crippen LogP contribution is -2.29. The van der Waals surface area contributed by atoms with Crippen LogP contribution >= 0.6 is 0 Å².